The van der Waals surface area contributed by atoms with Crippen molar-refractivity contribution in [3.8, 4) is 28.6 Å². The second-order valence-electron chi connectivity index (χ2n) is 10.8. The minimum Gasteiger partial charge on any atom is -0.493 e. The van der Waals surface area contributed by atoms with Gasteiger partial charge in [-0.05, 0) is 48.9 Å². The van der Waals surface area contributed by atoms with Crippen LogP contribution in [0.5, 0.6) is 17.2 Å². The molecule has 0 saturated heterocycles. The molecule has 2 N–H and O–H groups in total. The molecule has 3 amide bonds. The summed E-state index contributed by atoms with van der Waals surface area (Å²) < 4.78 is 18.8. The molecule has 0 radical (unpaired) electrons. The topological polar surface area (TPSA) is 137 Å². The van der Waals surface area contributed by atoms with Crippen molar-refractivity contribution >= 4 is 17.7 Å². The van der Waals surface area contributed by atoms with Crippen LogP contribution in [0.2, 0.25) is 0 Å². The summed E-state index contributed by atoms with van der Waals surface area (Å²) in [6, 6.07) is 19.2. The summed E-state index contributed by atoms with van der Waals surface area (Å²) in [6.07, 6.45) is 0.712. The van der Waals surface area contributed by atoms with Crippen LogP contribution in [0.1, 0.15) is 45.1 Å². The van der Waals surface area contributed by atoms with E-state index in [0.29, 0.717) is 53.8 Å². The molecule has 0 spiro atoms. The zero-order valence-corrected chi connectivity index (χ0v) is 25.1. The third-order valence-electron chi connectivity index (χ3n) is 7.71. The van der Waals surface area contributed by atoms with Crippen molar-refractivity contribution in [1.29, 1.82) is 0 Å². The Morgan fingerprint density at radius 3 is 2.60 bits per heavy atom. The van der Waals surface area contributed by atoms with Gasteiger partial charge in [0.1, 0.15) is 18.2 Å². The van der Waals surface area contributed by atoms with Crippen LogP contribution in [-0.4, -0.2) is 77.3 Å². The maximum Gasteiger partial charge on any atom is 0.254 e. The average Bonchev–Trinajstić information content (AvgIpc) is 3.71. The van der Waals surface area contributed by atoms with E-state index in [9.17, 15) is 14.4 Å². The van der Waals surface area contributed by atoms with Crippen molar-refractivity contribution in [2.75, 3.05) is 40.0 Å². The molecule has 12 nitrogen and oxygen atoms in total. The average molecular weight is 611 g/mol. The molecule has 2 aliphatic rings. The molecule has 0 aliphatic carbocycles. The number of methoxy groups -OCH3 is 1. The largest absolute Gasteiger partial charge is 0.493 e. The van der Waals surface area contributed by atoms with Crippen molar-refractivity contribution < 1.29 is 28.6 Å². The number of rotatable bonds is 3. The summed E-state index contributed by atoms with van der Waals surface area (Å²) in [4.78, 5) is 46.4. The predicted molar refractivity (Wildman–Crippen MR) is 164 cm³/mol. The fourth-order valence-electron chi connectivity index (χ4n) is 5.41. The zero-order valence-electron chi connectivity index (χ0n) is 25.1. The van der Waals surface area contributed by atoms with E-state index in [0.717, 1.165) is 16.9 Å². The third kappa shape index (κ3) is 6.59. The van der Waals surface area contributed by atoms with E-state index in [1.807, 2.05) is 37.3 Å². The number of hydrogen-bond donors (Lipinski definition) is 2. The number of nitrogens with zero attached hydrogens (tertiary/aromatic N) is 4. The Hall–Kier alpha value is -5.39. The van der Waals surface area contributed by atoms with E-state index in [1.165, 1.54) is 12.0 Å². The van der Waals surface area contributed by atoms with Gasteiger partial charge in [0.25, 0.3) is 11.8 Å². The predicted octanol–water partition coefficient (Wildman–Crippen LogP) is 3.03. The molecular weight excluding hydrogens is 576 g/mol. The highest BCUT2D eigenvalue weighted by atomic mass is 16.5. The quantitative estimate of drug-likeness (QED) is 0.361. The van der Waals surface area contributed by atoms with Crippen LogP contribution in [0, 0.1) is 0 Å². The first-order chi connectivity index (χ1) is 21.9. The summed E-state index contributed by atoms with van der Waals surface area (Å²) in [5.41, 5.74) is 2.59. The first-order valence-electron chi connectivity index (χ1n) is 14.8. The van der Waals surface area contributed by atoms with Gasteiger partial charge in [-0.3, -0.25) is 14.4 Å². The molecule has 2 aliphatic heterocycles. The van der Waals surface area contributed by atoms with Crippen LogP contribution in [0.4, 0.5) is 0 Å². The smallest absolute Gasteiger partial charge is 0.254 e. The van der Waals surface area contributed by atoms with Gasteiger partial charge in [-0.15, -0.1) is 0 Å². The van der Waals surface area contributed by atoms with E-state index in [1.54, 1.807) is 41.1 Å². The summed E-state index contributed by atoms with van der Waals surface area (Å²) in [6.45, 7) is 2.90. The normalized spacial score (nSPS) is 17.1. The van der Waals surface area contributed by atoms with E-state index in [2.05, 4.69) is 10.6 Å². The highest BCUT2D eigenvalue weighted by Gasteiger charge is 2.25. The van der Waals surface area contributed by atoms with Gasteiger partial charge in [0.15, 0.2) is 17.3 Å². The second-order valence-corrected chi connectivity index (χ2v) is 10.8. The number of carbonyl (C=O) groups is 3. The SMILES string of the molecule is COc1ccc2cc1OCCn1nc(-c3ccccc3)nc1[C@@H](C)NC(=O)CN(C(=O)c1ccc3c(c1)CCO3)CCNC2=O. The fraction of sp³-hybridized carbons (Fsp3) is 0.303. The number of fused-ring (bicyclic) bond motifs is 4. The van der Waals surface area contributed by atoms with Crippen LogP contribution in [0.15, 0.2) is 66.7 Å². The molecule has 1 atom stereocenters. The lowest BCUT2D eigenvalue weighted by Gasteiger charge is -2.24. The van der Waals surface area contributed by atoms with Gasteiger partial charge >= 0.3 is 0 Å². The summed E-state index contributed by atoms with van der Waals surface area (Å²) in [7, 11) is 1.53. The van der Waals surface area contributed by atoms with Crippen molar-refractivity contribution in [1.82, 2.24) is 30.3 Å². The van der Waals surface area contributed by atoms with Crippen LogP contribution in [-0.2, 0) is 17.8 Å². The molecule has 3 aromatic carbocycles. The molecular formula is C33H34N6O6. The highest BCUT2D eigenvalue weighted by molar-refractivity contribution is 5.97. The lowest BCUT2D eigenvalue weighted by Crippen LogP contribution is -2.45. The molecule has 4 aromatic rings. The molecule has 0 unspecified atom stereocenters. The fourth-order valence-corrected chi connectivity index (χ4v) is 5.41. The first-order valence-corrected chi connectivity index (χ1v) is 14.8. The highest BCUT2D eigenvalue weighted by Crippen LogP contribution is 2.29. The molecule has 0 fully saturated rings. The van der Waals surface area contributed by atoms with Gasteiger partial charge in [-0.25, -0.2) is 9.67 Å². The Balaban J connectivity index is 1.32. The van der Waals surface area contributed by atoms with Gasteiger partial charge in [-0.1, -0.05) is 30.3 Å². The Kier molecular flexibility index (Phi) is 8.63. The van der Waals surface area contributed by atoms with E-state index in [4.69, 9.17) is 24.3 Å². The summed E-state index contributed by atoms with van der Waals surface area (Å²) >= 11 is 0. The van der Waals surface area contributed by atoms with Crippen LogP contribution >= 0.6 is 0 Å². The van der Waals surface area contributed by atoms with Gasteiger partial charge in [0, 0.05) is 36.2 Å². The van der Waals surface area contributed by atoms with E-state index < -0.39 is 6.04 Å². The monoisotopic (exact) mass is 610 g/mol. The molecule has 6 rings (SSSR count). The van der Waals surface area contributed by atoms with Crippen molar-refractivity contribution in [2.45, 2.75) is 25.9 Å². The number of carbonyl (C=O) groups excluding carboxylic acids is 3. The number of aromatic nitrogens is 3. The van der Waals surface area contributed by atoms with E-state index >= 15 is 0 Å². The zero-order chi connectivity index (χ0) is 31.3. The Morgan fingerprint density at radius 1 is 0.956 bits per heavy atom. The van der Waals surface area contributed by atoms with Gasteiger partial charge in [0.2, 0.25) is 5.91 Å². The number of benzene rings is 3. The second kappa shape index (κ2) is 13.1. The Morgan fingerprint density at radius 2 is 1.78 bits per heavy atom. The minimum atomic E-state index is -0.537. The number of hydrogen-bond acceptors (Lipinski definition) is 8. The van der Waals surface area contributed by atoms with E-state index in [-0.39, 0.29) is 44.0 Å². The minimum absolute atomic E-state index is 0.105. The summed E-state index contributed by atoms with van der Waals surface area (Å²) in [5, 5.41) is 10.5. The molecule has 12 heteroatoms. The Labute approximate surface area is 260 Å². The molecule has 232 valence electrons. The molecule has 3 heterocycles. The van der Waals surface area contributed by atoms with Gasteiger partial charge < -0.3 is 29.7 Å². The van der Waals surface area contributed by atoms with Gasteiger partial charge in [-0.2, -0.15) is 5.10 Å². The third-order valence-corrected chi connectivity index (χ3v) is 7.71. The molecule has 2 bridgehead atoms. The van der Waals surface area contributed by atoms with Crippen molar-refractivity contribution in [2.24, 2.45) is 0 Å². The number of ether oxygens (including phenoxy) is 3. The lowest BCUT2D eigenvalue weighted by atomic mass is 10.1. The molecule has 1 aromatic heterocycles. The Bertz CT molecular complexity index is 1720. The molecule has 0 saturated carbocycles. The van der Waals surface area contributed by atoms with Crippen LogP contribution in [0.3, 0.4) is 0 Å². The van der Waals surface area contributed by atoms with Crippen LogP contribution in [0.25, 0.3) is 11.4 Å². The van der Waals surface area contributed by atoms with Crippen LogP contribution < -0.4 is 24.8 Å². The van der Waals surface area contributed by atoms with Crippen molar-refractivity contribution in [3.05, 3.63) is 89.2 Å². The van der Waals surface area contributed by atoms with Crippen molar-refractivity contribution in [3.63, 3.8) is 0 Å². The maximum atomic E-state index is 13.7. The lowest BCUT2D eigenvalue weighted by molar-refractivity contribution is -0.122. The number of amides is 3. The standard InChI is InChI=1S/C33H34N6O6/c1-21-31-36-30(22-6-4-3-5-7-22)37-39(31)15-17-45-28-19-24(8-11-27(28)43-2)32(41)34-13-14-38(20-29(40)35-21)33(42)25-9-10-26-23(18-25)12-16-44-26/h3-11,18-19,21H,12-17,20H2,1-2H3,(H,34,41)(H,35,40)/t21-/m1/s1. The maximum absolute atomic E-state index is 13.7. The molecule has 45 heavy (non-hydrogen) atoms. The summed E-state index contributed by atoms with van der Waals surface area (Å²) in [5.74, 6) is 1.63. The first kappa shape index (κ1) is 29.7. The number of nitrogens with one attached hydrogen (secondary N) is 2. The van der Waals surface area contributed by atoms with Gasteiger partial charge in [0.05, 0.1) is 32.8 Å².